The van der Waals surface area contributed by atoms with Crippen molar-refractivity contribution in [3.05, 3.63) is 75.9 Å². The predicted molar refractivity (Wildman–Crippen MR) is 89.9 cm³/mol. The van der Waals surface area contributed by atoms with Gasteiger partial charge in [-0.15, -0.1) is 6.58 Å². The minimum atomic E-state index is -0.481. The van der Waals surface area contributed by atoms with E-state index in [2.05, 4.69) is 11.6 Å². The highest BCUT2D eigenvalue weighted by Crippen LogP contribution is 2.20. The SMILES string of the molecule is C=CCn1c(-c2ccco2)nc2oc3ccccc3c(=O)c2c1=O. The monoisotopic (exact) mass is 320 g/mol. The molecule has 0 aliphatic carbocycles. The van der Waals surface area contributed by atoms with Crippen LogP contribution in [-0.4, -0.2) is 9.55 Å². The molecule has 0 N–H and O–H groups in total. The number of fused-ring (bicyclic) bond motifs is 2. The summed E-state index contributed by atoms with van der Waals surface area (Å²) in [5, 5.41) is 0.269. The van der Waals surface area contributed by atoms with Crippen LogP contribution in [0.4, 0.5) is 0 Å². The molecule has 6 nitrogen and oxygen atoms in total. The molecule has 118 valence electrons. The summed E-state index contributed by atoms with van der Waals surface area (Å²) in [6, 6.07) is 10.1. The molecule has 0 spiro atoms. The van der Waals surface area contributed by atoms with Crippen LogP contribution in [0.25, 0.3) is 33.7 Å². The summed E-state index contributed by atoms with van der Waals surface area (Å²) in [6.07, 6.45) is 3.05. The first-order chi connectivity index (χ1) is 11.7. The zero-order valence-corrected chi connectivity index (χ0v) is 12.6. The van der Waals surface area contributed by atoms with Gasteiger partial charge in [-0.25, -0.2) is 0 Å². The van der Waals surface area contributed by atoms with E-state index in [-0.39, 0.29) is 23.5 Å². The summed E-state index contributed by atoms with van der Waals surface area (Å²) in [7, 11) is 0. The Morgan fingerprint density at radius 1 is 1.17 bits per heavy atom. The van der Waals surface area contributed by atoms with E-state index in [0.29, 0.717) is 16.7 Å². The Morgan fingerprint density at radius 2 is 2.00 bits per heavy atom. The smallest absolute Gasteiger partial charge is 0.269 e. The van der Waals surface area contributed by atoms with Crippen molar-refractivity contribution >= 4 is 22.1 Å². The molecule has 6 heteroatoms. The maximum absolute atomic E-state index is 12.9. The molecule has 0 aliphatic rings. The van der Waals surface area contributed by atoms with Crippen LogP contribution in [0.2, 0.25) is 0 Å². The lowest BCUT2D eigenvalue weighted by molar-refractivity contribution is 0.565. The van der Waals surface area contributed by atoms with Crippen LogP contribution in [0.3, 0.4) is 0 Å². The number of furan rings is 1. The molecule has 0 bridgehead atoms. The summed E-state index contributed by atoms with van der Waals surface area (Å²) in [4.78, 5) is 29.9. The second kappa shape index (κ2) is 5.34. The second-order valence-corrected chi connectivity index (χ2v) is 5.22. The Labute approximate surface area is 135 Å². The standard InChI is InChI=1S/C18H12N2O4/c1-2-9-20-16(13-8-5-10-23-13)19-17-14(18(20)22)15(21)11-6-3-4-7-12(11)24-17/h2-8,10H,1,9H2. The Bertz CT molecular complexity index is 1180. The van der Waals surface area contributed by atoms with Gasteiger partial charge in [0, 0.05) is 6.54 Å². The quantitative estimate of drug-likeness (QED) is 0.428. The van der Waals surface area contributed by atoms with Crippen LogP contribution >= 0.6 is 0 Å². The number of aromatic nitrogens is 2. The van der Waals surface area contributed by atoms with Crippen molar-refractivity contribution in [2.24, 2.45) is 0 Å². The molecular weight excluding hydrogens is 308 g/mol. The molecule has 0 fully saturated rings. The van der Waals surface area contributed by atoms with E-state index in [1.54, 1.807) is 42.5 Å². The van der Waals surface area contributed by atoms with Gasteiger partial charge in [0.2, 0.25) is 11.1 Å². The number of hydrogen-bond donors (Lipinski definition) is 0. The van der Waals surface area contributed by atoms with Gasteiger partial charge in [-0.2, -0.15) is 4.98 Å². The average molecular weight is 320 g/mol. The maximum Gasteiger partial charge on any atom is 0.269 e. The Hall–Kier alpha value is -3.41. The fourth-order valence-corrected chi connectivity index (χ4v) is 2.68. The Kier molecular flexibility index (Phi) is 3.16. The highest BCUT2D eigenvalue weighted by atomic mass is 16.3. The lowest BCUT2D eigenvalue weighted by Crippen LogP contribution is -2.27. The Morgan fingerprint density at radius 3 is 2.75 bits per heavy atom. The highest BCUT2D eigenvalue weighted by molar-refractivity contribution is 5.88. The Balaban J connectivity index is 2.20. The first-order valence-electron chi connectivity index (χ1n) is 7.32. The van der Waals surface area contributed by atoms with Gasteiger partial charge in [0.1, 0.15) is 5.58 Å². The van der Waals surface area contributed by atoms with Gasteiger partial charge in [0.05, 0.1) is 11.6 Å². The fraction of sp³-hybridized carbons (Fsp3) is 0.0556. The molecule has 3 heterocycles. The predicted octanol–water partition coefficient (Wildman–Crippen LogP) is 2.95. The number of para-hydroxylation sites is 1. The largest absolute Gasteiger partial charge is 0.461 e. The van der Waals surface area contributed by atoms with E-state index in [9.17, 15) is 9.59 Å². The van der Waals surface area contributed by atoms with Crippen LogP contribution < -0.4 is 11.0 Å². The third kappa shape index (κ3) is 2.00. The zero-order valence-electron chi connectivity index (χ0n) is 12.6. The number of hydrogen-bond acceptors (Lipinski definition) is 5. The molecular formula is C18H12N2O4. The summed E-state index contributed by atoms with van der Waals surface area (Å²) in [5.41, 5.74) is -0.497. The van der Waals surface area contributed by atoms with E-state index in [1.165, 1.54) is 10.8 Å². The lowest BCUT2D eigenvalue weighted by Gasteiger charge is -2.09. The van der Waals surface area contributed by atoms with Crippen molar-refractivity contribution in [2.45, 2.75) is 6.54 Å². The molecule has 1 aromatic carbocycles. The van der Waals surface area contributed by atoms with E-state index in [0.717, 1.165) is 0 Å². The second-order valence-electron chi connectivity index (χ2n) is 5.22. The lowest BCUT2D eigenvalue weighted by atomic mass is 10.2. The first-order valence-corrected chi connectivity index (χ1v) is 7.32. The van der Waals surface area contributed by atoms with Gasteiger partial charge >= 0.3 is 0 Å². The molecule has 0 saturated heterocycles. The van der Waals surface area contributed by atoms with E-state index in [4.69, 9.17) is 8.83 Å². The summed E-state index contributed by atoms with van der Waals surface area (Å²) >= 11 is 0. The number of allylic oxidation sites excluding steroid dienone is 1. The molecule has 4 aromatic rings. The van der Waals surface area contributed by atoms with Gasteiger partial charge in [0.25, 0.3) is 5.56 Å². The summed E-state index contributed by atoms with van der Waals surface area (Å²) in [6.45, 7) is 3.85. The summed E-state index contributed by atoms with van der Waals surface area (Å²) < 4.78 is 12.4. The van der Waals surface area contributed by atoms with Gasteiger partial charge in [-0.3, -0.25) is 14.2 Å². The molecule has 0 unspecified atom stereocenters. The van der Waals surface area contributed by atoms with Gasteiger partial charge < -0.3 is 8.83 Å². The van der Waals surface area contributed by atoms with Crippen molar-refractivity contribution in [3.63, 3.8) is 0 Å². The van der Waals surface area contributed by atoms with Crippen molar-refractivity contribution < 1.29 is 8.83 Å². The molecule has 4 rings (SSSR count). The maximum atomic E-state index is 12.9. The highest BCUT2D eigenvalue weighted by Gasteiger charge is 2.19. The third-order valence-corrected chi connectivity index (χ3v) is 3.75. The van der Waals surface area contributed by atoms with Crippen LogP contribution in [0.1, 0.15) is 0 Å². The van der Waals surface area contributed by atoms with Crippen molar-refractivity contribution in [3.8, 4) is 11.6 Å². The normalized spacial score (nSPS) is 11.2. The van der Waals surface area contributed by atoms with Crippen molar-refractivity contribution in [1.82, 2.24) is 9.55 Å². The number of nitrogens with zero attached hydrogens (tertiary/aromatic N) is 2. The van der Waals surface area contributed by atoms with Crippen LogP contribution in [0.15, 0.2) is 73.7 Å². The number of rotatable bonds is 3. The van der Waals surface area contributed by atoms with E-state index < -0.39 is 11.0 Å². The molecule has 0 aliphatic heterocycles. The van der Waals surface area contributed by atoms with Crippen molar-refractivity contribution in [1.29, 1.82) is 0 Å². The van der Waals surface area contributed by atoms with Gasteiger partial charge in [0.15, 0.2) is 17.0 Å². The fourth-order valence-electron chi connectivity index (χ4n) is 2.68. The number of benzene rings is 1. The zero-order chi connectivity index (χ0) is 16.7. The topological polar surface area (TPSA) is 78.2 Å². The van der Waals surface area contributed by atoms with Gasteiger partial charge in [-0.05, 0) is 24.3 Å². The summed E-state index contributed by atoms with van der Waals surface area (Å²) in [5.74, 6) is 0.697. The van der Waals surface area contributed by atoms with Crippen molar-refractivity contribution in [2.75, 3.05) is 0 Å². The van der Waals surface area contributed by atoms with Crippen LogP contribution in [-0.2, 0) is 6.54 Å². The van der Waals surface area contributed by atoms with Crippen LogP contribution in [0, 0.1) is 0 Å². The van der Waals surface area contributed by atoms with Crippen LogP contribution in [0.5, 0.6) is 0 Å². The molecule has 3 aromatic heterocycles. The van der Waals surface area contributed by atoms with E-state index >= 15 is 0 Å². The molecule has 0 saturated carbocycles. The molecule has 0 amide bonds. The molecule has 0 radical (unpaired) electrons. The third-order valence-electron chi connectivity index (χ3n) is 3.75. The molecule has 24 heavy (non-hydrogen) atoms. The van der Waals surface area contributed by atoms with E-state index in [1.807, 2.05) is 0 Å². The minimum absolute atomic E-state index is 0.00425. The molecule has 0 atom stereocenters. The van der Waals surface area contributed by atoms with Gasteiger partial charge in [-0.1, -0.05) is 18.2 Å². The average Bonchev–Trinajstić information content (AvgIpc) is 3.11. The first kappa shape index (κ1) is 14.2. The minimum Gasteiger partial charge on any atom is -0.461 e.